The molecule has 1 aliphatic rings. The number of halogens is 1. The van der Waals surface area contributed by atoms with Gasteiger partial charge in [0.1, 0.15) is 15.1 Å². The van der Waals surface area contributed by atoms with Crippen LogP contribution < -0.4 is 0 Å². The molecule has 0 aromatic carbocycles. The first-order valence-corrected chi connectivity index (χ1v) is 7.05. The molecule has 0 saturated heterocycles. The number of carbonyl (C=O) groups is 1. The molecular weight excluding hydrogens is 345 g/mol. The summed E-state index contributed by atoms with van der Waals surface area (Å²) in [5.74, 6) is 0.920. The predicted octanol–water partition coefficient (Wildman–Crippen LogP) is 2.80. The lowest BCUT2D eigenvalue weighted by Gasteiger charge is -2.34. The van der Waals surface area contributed by atoms with E-state index < -0.39 is 5.60 Å². The van der Waals surface area contributed by atoms with Crippen molar-refractivity contribution >= 4 is 28.7 Å². The third-order valence-corrected chi connectivity index (χ3v) is 3.54. The molecule has 0 radical (unpaired) electrons. The van der Waals surface area contributed by atoms with Gasteiger partial charge >= 0.3 is 6.09 Å². The van der Waals surface area contributed by atoms with Crippen molar-refractivity contribution in [2.24, 2.45) is 0 Å². The minimum atomic E-state index is -0.457. The summed E-state index contributed by atoms with van der Waals surface area (Å²) in [5, 5.41) is 0. The number of fused-ring (bicyclic) bond motifs is 1. The number of nitrogens with zero attached hydrogens (tertiary/aromatic N) is 3. The summed E-state index contributed by atoms with van der Waals surface area (Å²) >= 11 is 2.27. The fraction of sp³-hybridized carbons (Fsp3) is 0.667. The van der Waals surface area contributed by atoms with Crippen LogP contribution in [0.2, 0.25) is 0 Å². The Labute approximate surface area is 121 Å². The van der Waals surface area contributed by atoms with E-state index in [-0.39, 0.29) is 12.1 Å². The van der Waals surface area contributed by atoms with Crippen molar-refractivity contribution in [1.29, 1.82) is 0 Å². The van der Waals surface area contributed by atoms with Gasteiger partial charge in [0.2, 0.25) is 0 Å². The highest BCUT2D eigenvalue weighted by Crippen LogP contribution is 2.24. The summed E-state index contributed by atoms with van der Waals surface area (Å²) in [7, 11) is 0. The molecule has 5 nitrogen and oxygen atoms in total. The molecule has 0 bridgehead atoms. The zero-order valence-corrected chi connectivity index (χ0v) is 13.3. The average Bonchev–Trinajstić information content (AvgIpc) is 2.58. The van der Waals surface area contributed by atoms with Gasteiger partial charge in [-0.25, -0.2) is 9.78 Å². The van der Waals surface area contributed by atoms with Crippen molar-refractivity contribution in [2.75, 3.05) is 6.54 Å². The number of rotatable bonds is 0. The van der Waals surface area contributed by atoms with E-state index in [4.69, 9.17) is 4.74 Å². The highest BCUT2D eigenvalue weighted by atomic mass is 127. The number of ether oxygens (including phenoxy) is 1. The molecule has 18 heavy (non-hydrogen) atoms. The third kappa shape index (κ3) is 2.78. The molecule has 2 heterocycles. The zero-order chi connectivity index (χ0) is 13.5. The van der Waals surface area contributed by atoms with E-state index in [9.17, 15) is 4.79 Å². The minimum Gasteiger partial charge on any atom is -0.444 e. The van der Waals surface area contributed by atoms with Gasteiger partial charge in [0.25, 0.3) is 0 Å². The lowest BCUT2D eigenvalue weighted by atomic mass is 10.2. The second-order valence-corrected chi connectivity index (χ2v) is 6.68. The summed E-state index contributed by atoms with van der Waals surface area (Å²) in [6.07, 6.45) is 1.57. The molecule has 1 atom stereocenters. The Morgan fingerprint density at radius 1 is 1.56 bits per heavy atom. The number of imidazole rings is 1. The average molecular weight is 363 g/mol. The Morgan fingerprint density at radius 2 is 2.22 bits per heavy atom. The van der Waals surface area contributed by atoms with E-state index in [0.717, 1.165) is 9.53 Å². The SMILES string of the molecule is C[C@@H]1CN(C(=O)OC(C)(C)C)Cc2ncc(I)n21. The number of hydrogen-bond acceptors (Lipinski definition) is 3. The van der Waals surface area contributed by atoms with Crippen LogP contribution in [0.15, 0.2) is 6.20 Å². The normalized spacial score (nSPS) is 19.6. The summed E-state index contributed by atoms with van der Waals surface area (Å²) in [6.45, 7) is 8.90. The molecule has 1 amide bonds. The van der Waals surface area contributed by atoms with Gasteiger partial charge in [-0.2, -0.15) is 0 Å². The molecule has 1 aliphatic heterocycles. The van der Waals surface area contributed by atoms with E-state index in [0.29, 0.717) is 13.1 Å². The van der Waals surface area contributed by atoms with Crippen LogP contribution in [0.25, 0.3) is 0 Å². The maximum absolute atomic E-state index is 12.0. The molecule has 0 unspecified atom stereocenters. The van der Waals surface area contributed by atoms with Crippen molar-refractivity contribution < 1.29 is 9.53 Å². The molecule has 1 aromatic rings. The van der Waals surface area contributed by atoms with Crippen LogP contribution >= 0.6 is 22.6 Å². The smallest absolute Gasteiger partial charge is 0.410 e. The van der Waals surface area contributed by atoms with Crippen molar-refractivity contribution in [2.45, 2.75) is 45.9 Å². The molecule has 0 N–H and O–H groups in total. The first kappa shape index (κ1) is 13.6. The topological polar surface area (TPSA) is 47.4 Å². The fourth-order valence-electron chi connectivity index (χ4n) is 2.06. The third-order valence-electron chi connectivity index (χ3n) is 2.74. The van der Waals surface area contributed by atoms with Gasteiger partial charge in [-0.3, -0.25) is 4.90 Å². The first-order chi connectivity index (χ1) is 8.28. The van der Waals surface area contributed by atoms with Gasteiger partial charge in [-0.1, -0.05) is 0 Å². The Balaban J connectivity index is 2.14. The highest BCUT2D eigenvalue weighted by molar-refractivity contribution is 14.1. The van der Waals surface area contributed by atoms with Crippen LogP contribution in [-0.2, 0) is 11.3 Å². The fourth-order valence-corrected chi connectivity index (χ4v) is 2.95. The zero-order valence-electron chi connectivity index (χ0n) is 11.1. The highest BCUT2D eigenvalue weighted by Gasteiger charge is 2.30. The molecule has 0 saturated carbocycles. The van der Waals surface area contributed by atoms with E-state index in [1.165, 1.54) is 0 Å². The first-order valence-electron chi connectivity index (χ1n) is 5.97. The van der Waals surface area contributed by atoms with Gasteiger partial charge in [-0.05, 0) is 50.3 Å². The summed E-state index contributed by atoms with van der Waals surface area (Å²) in [5.41, 5.74) is -0.457. The van der Waals surface area contributed by atoms with Gasteiger partial charge in [0.05, 0.1) is 18.8 Å². The number of carbonyl (C=O) groups excluding carboxylic acids is 1. The monoisotopic (exact) mass is 363 g/mol. The van der Waals surface area contributed by atoms with Gasteiger partial charge < -0.3 is 9.30 Å². The maximum atomic E-state index is 12.0. The van der Waals surface area contributed by atoms with Crippen LogP contribution in [0, 0.1) is 3.70 Å². The number of aromatic nitrogens is 2. The van der Waals surface area contributed by atoms with E-state index in [1.54, 1.807) is 4.90 Å². The summed E-state index contributed by atoms with van der Waals surface area (Å²) < 4.78 is 8.67. The van der Waals surface area contributed by atoms with Crippen molar-refractivity contribution in [3.63, 3.8) is 0 Å². The molecule has 2 rings (SSSR count). The summed E-state index contributed by atoms with van der Waals surface area (Å²) in [4.78, 5) is 18.1. The van der Waals surface area contributed by atoms with Crippen molar-refractivity contribution in [3.05, 3.63) is 15.7 Å². The quantitative estimate of drug-likeness (QED) is 0.666. The van der Waals surface area contributed by atoms with Crippen LogP contribution in [-0.4, -0.2) is 32.7 Å². The van der Waals surface area contributed by atoms with Crippen molar-refractivity contribution in [1.82, 2.24) is 14.5 Å². The largest absolute Gasteiger partial charge is 0.444 e. The second-order valence-electron chi connectivity index (χ2n) is 5.58. The van der Waals surface area contributed by atoms with E-state index >= 15 is 0 Å². The minimum absolute atomic E-state index is 0.232. The van der Waals surface area contributed by atoms with Crippen LogP contribution in [0.5, 0.6) is 0 Å². The van der Waals surface area contributed by atoms with Crippen molar-refractivity contribution in [3.8, 4) is 0 Å². The predicted molar refractivity (Wildman–Crippen MR) is 76.3 cm³/mol. The van der Waals surface area contributed by atoms with E-state index in [1.807, 2.05) is 27.0 Å². The maximum Gasteiger partial charge on any atom is 0.410 e. The molecular formula is C12H18IN3O2. The van der Waals surface area contributed by atoms with E-state index in [2.05, 4.69) is 39.1 Å². The lowest BCUT2D eigenvalue weighted by molar-refractivity contribution is 0.0168. The van der Waals surface area contributed by atoms with Gasteiger partial charge in [0, 0.05) is 6.54 Å². The Kier molecular flexibility index (Phi) is 3.57. The Bertz CT molecular complexity index is 464. The van der Waals surface area contributed by atoms with Crippen LogP contribution in [0.3, 0.4) is 0 Å². The molecule has 0 aliphatic carbocycles. The Hall–Kier alpha value is -0.790. The Morgan fingerprint density at radius 3 is 2.83 bits per heavy atom. The van der Waals surface area contributed by atoms with Crippen LogP contribution in [0.4, 0.5) is 4.79 Å². The molecule has 6 heteroatoms. The molecule has 0 spiro atoms. The second kappa shape index (κ2) is 4.71. The molecule has 0 fully saturated rings. The standard InChI is InChI=1S/C12H18IN3O2/c1-8-6-15(11(17)18-12(2,3)4)7-10-14-5-9(13)16(8)10/h5,8H,6-7H2,1-4H3/t8-/m1/s1. The molecule has 100 valence electrons. The lowest BCUT2D eigenvalue weighted by Crippen LogP contribution is -2.43. The number of amides is 1. The molecule has 1 aromatic heterocycles. The van der Waals surface area contributed by atoms with Gasteiger partial charge in [0.15, 0.2) is 0 Å². The van der Waals surface area contributed by atoms with Gasteiger partial charge in [-0.15, -0.1) is 0 Å². The summed E-state index contributed by atoms with van der Waals surface area (Å²) in [6, 6.07) is 0.232. The van der Waals surface area contributed by atoms with Crippen LogP contribution in [0.1, 0.15) is 39.6 Å². The number of hydrogen-bond donors (Lipinski definition) is 0.